The van der Waals surface area contributed by atoms with Gasteiger partial charge in [0.25, 0.3) is 6.71 Å². The van der Waals surface area contributed by atoms with Gasteiger partial charge in [0.15, 0.2) is 0 Å². The molecule has 84 heavy (non-hydrogen) atoms. The molecule has 0 N–H and O–H groups in total. The maximum atomic E-state index is 2.74. The minimum absolute atomic E-state index is 0.142. The molecule has 0 radical (unpaired) electrons. The van der Waals surface area contributed by atoms with E-state index in [1.807, 2.05) is 0 Å². The molecule has 0 fully saturated rings. The molecule has 2 aliphatic rings. The third-order valence-electron chi connectivity index (χ3n) is 17.7. The van der Waals surface area contributed by atoms with Crippen molar-refractivity contribution in [3.63, 3.8) is 0 Å². The van der Waals surface area contributed by atoms with E-state index in [2.05, 4.69) is 335 Å². The molecule has 0 saturated carbocycles. The molecular weight excluding hydrogens is 1010 g/mol. The van der Waals surface area contributed by atoms with Gasteiger partial charge in [0, 0.05) is 45.0 Å². The molecule has 0 spiro atoms. The highest BCUT2D eigenvalue weighted by Crippen LogP contribution is 2.55. The van der Waals surface area contributed by atoms with Crippen LogP contribution in [-0.2, 0) is 16.2 Å². The van der Waals surface area contributed by atoms with Crippen LogP contribution in [0, 0.1) is 0 Å². The summed E-state index contributed by atoms with van der Waals surface area (Å²) in [5, 5.41) is 0. The van der Waals surface area contributed by atoms with Crippen molar-refractivity contribution in [2.24, 2.45) is 0 Å². The van der Waals surface area contributed by atoms with Gasteiger partial charge in [0.05, 0.1) is 11.4 Å². The van der Waals surface area contributed by atoms with Crippen LogP contribution in [0.3, 0.4) is 0 Å². The smallest absolute Gasteiger partial charge is 0.252 e. The molecule has 2 aliphatic heterocycles. The quantitative estimate of drug-likeness (QED) is 0.133. The van der Waals surface area contributed by atoms with Gasteiger partial charge in [-0.3, -0.25) is 0 Å². The van der Waals surface area contributed by atoms with E-state index in [0.717, 1.165) is 0 Å². The van der Waals surface area contributed by atoms with Crippen molar-refractivity contribution in [2.75, 3.05) is 9.80 Å². The molecular formula is C81H75BN2. The van der Waals surface area contributed by atoms with E-state index in [1.165, 1.54) is 140 Å². The van der Waals surface area contributed by atoms with E-state index in [4.69, 9.17) is 0 Å². The minimum Gasteiger partial charge on any atom is -0.310 e. The van der Waals surface area contributed by atoms with Crippen LogP contribution in [0.15, 0.2) is 249 Å². The van der Waals surface area contributed by atoms with E-state index < -0.39 is 0 Å². The van der Waals surface area contributed by atoms with Gasteiger partial charge in [0.1, 0.15) is 0 Å². The van der Waals surface area contributed by atoms with Crippen LogP contribution in [0.4, 0.5) is 34.1 Å². The van der Waals surface area contributed by atoms with Crippen LogP contribution in [0.2, 0.25) is 0 Å². The summed E-state index contributed by atoms with van der Waals surface area (Å²) in [6.07, 6.45) is 0. The summed E-state index contributed by atoms with van der Waals surface area (Å²) in [7, 11) is 0. The maximum Gasteiger partial charge on any atom is 0.252 e. The predicted molar refractivity (Wildman–Crippen MR) is 363 cm³/mol. The van der Waals surface area contributed by atoms with Gasteiger partial charge in [-0.05, 0) is 154 Å². The van der Waals surface area contributed by atoms with Gasteiger partial charge >= 0.3 is 0 Å². The normalized spacial score (nSPS) is 13.0. The summed E-state index contributed by atoms with van der Waals surface area (Å²) in [5.74, 6) is 0.221. The SMILES string of the molecule is CC(C)c1cc2c(cc1-c1ccccc1)B1c3cc(-c4ccccc4)ccc3N(c3c(-c4ccccc4)cc(C(C)(C)C)cc3-c3ccccc3)c3cc(C(C)(C)C)cc(c31)N2c1c(-c2ccccc2)cc(C(C)(C)C)cc1-c1ccccc1. The van der Waals surface area contributed by atoms with Crippen LogP contribution in [0.25, 0.3) is 66.8 Å². The highest BCUT2D eigenvalue weighted by molar-refractivity contribution is 7.00. The fourth-order valence-corrected chi connectivity index (χ4v) is 13.1. The van der Waals surface area contributed by atoms with E-state index in [-0.39, 0.29) is 28.9 Å². The van der Waals surface area contributed by atoms with Gasteiger partial charge in [-0.2, -0.15) is 0 Å². The predicted octanol–water partition coefficient (Wildman–Crippen LogP) is 20.8. The summed E-state index contributed by atoms with van der Waals surface area (Å²) < 4.78 is 0. The first-order valence-corrected chi connectivity index (χ1v) is 30.2. The van der Waals surface area contributed by atoms with Gasteiger partial charge in [-0.25, -0.2) is 0 Å². The lowest BCUT2D eigenvalue weighted by Crippen LogP contribution is -2.61. The first-order chi connectivity index (χ1) is 40.4. The van der Waals surface area contributed by atoms with E-state index in [9.17, 15) is 0 Å². The van der Waals surface area contributed by atoms with Crippen LogP contribution in [0.1, 0.15) is 104 Å². The van der Waals surface area contributed by atoms with E-state index in [1.54, 1.807) is 0 Å². The molecule has 0 aromatic heterocycles. The second-order valence-corrected chi connectivity index (χ2v) is 26.7. The zero-order valence-corrected chi connectivity index (χ0v) is 50.7. The second kappa shape index (κ2) is 21.1. The Hall–Kier alpha value is -8.92. The molecule has 0 saturated heterocycles. The number of rotatable bonds is 9. The molecule has 0 amide bonds. The van der Waals surface area contributed by atoms with Crippen molar-refractivity contribution in [1.29, 1.82) is 0 Å². The lowest BCUT2D eigenvalue weighted by Gasteiger charge is -2.47. The van der Waals surface area contributed by atoms with Crippen molar-refractivity contribution in [1.82, 2.24) is 0 Å². The first-order valence-electron chi connectivity index (χ1n) is 30.2. The maximum absolute atomic E-state index is 2.74. The van der Waals surface area contributed by atoms with Gasteiger partial charge in [-0.15, -0.1) is 0 Å². The van der Waals surface area contributed by atoms with Crippen LogP contribution >= 0.6 is 0 Å². The monoisotopic (exact) mass is 1090 g/mol. The number of hydrogen-bond acceptors (Lipinski definition) is 2. The zero-order chi connectivity index (χ0) is 58.2. The Morgan fingerprint density at radius 1 is 0.286 bits per heavy atom. The van der Waals surface area contributed by atoms with Crippen molar-refractivity contribution in [3.8, 4) is 66.8 Å². The van der Waals surface area contributed by atoms with Crippen molar-refractivity contribution in [2.45, 2.75) is 98.3 Å². The number of anilines is 6. The third-order valence-corrected chi connectivity index (χ3v) is 17.7. The van der Waals surface area contributed by atoms with Crippen molar-refractivity contribution < 1.29 is 0 Å². The van der Waals surface area contributed by atoms with E-state index >= 15 is 0 Å². The number of hydrogen-bond donors (Lipinski definition) is 0. The Bertz CT molecular complexity index is 4120. The van der Waals surface area contributed by atoms with Gasteiger partial charge < -0.3 is 9.80 Å². The lowest BCUT2D eigenvalue weighted by atomic mass is 9.33. The summed E-state index contributed by atoms with van der Waals surface area (Å²) in [6, 6.07) is 94.5. The van der Waals surface area contributed by atoms with Crippen molar-refractivity contribution >= 4 is 57.2 Å². The average molecular weight is 1090 g/mol. The molecule has 0 bridgehead atoms. The zero-order valence-electron chi connectivity index (χ0n) is 50.7. The Labute approximate surface area is 500 Å². The number of nitrogens with zero attached hydrogens (tertiary/aromatic N) is 2. The molecule has 2 heterocycles. The van der Waals surface area contributed by atoms with E-state index in [0.29, 0.717) is 0 Å². The Morgan fingerprint density at radius 2 is 0.607 bits per heavy atom. The van der Waals surface area contributed by atoms with Crippen molar-refractivity contribution in [3.05, 3.63) is 271 Å². The Balaban J connectivity index is 1.27. The number of fused-ring (bicyclic) bond motifs is 4. The molecule has 0 atom stereocenters. The van der Waals surface area contributed by atoms with Crippen LogP contribution in [-0.4, -0.2) is 6.71 Å². The highest BCUT2D eigenvalue weighted by Gasteiger charge is 2.47. The molecule has 412 valence electrons. The highest BCUT2D eigenvalue weighted by atomic mass is 15.2. The standard InChI is InChI=1S/C81H75BN2/c1-53(2)64-52-73-71(51-65(64)55-32-20-13-21-33-55)82-70-44-60(54-30-18-12-19-31-54)42-43-72(70)83(77-66(56-34-22-14-23-35-56)45-61(79(3,4)5)46-67(77)57-36-24-15-25-37-57)74-49-63(81(9,10)11)50-75(76(74)82)84(73)78-68(58-38-26-16-27-39-58)47-62(80(6,7)8)48-69(78)59-40-28-17-29-41-59/h12-53H,1-11H3. The Kier molecular flexibility index (Phi) is 13.6. The summed E-state index contributed by atoms with van der Waals surface area (Å²) in [6.45, 7) is 25.9. The fraction of sp³-hybridized carbons (Fsp3) is 0.185. The topological polar surface area (TPSA) is 6.48 Å². The fourth-order valence-electron chi connectivity index (χ4n) is 13.1. The summed E-state index contributed by atoms with van der Waals surface area (Å²) in [4.78, 5) is 5.44. The molecule has 13 rings (SSSR count). The van der Waals surface area contributed by atoms with Gasteiger partial charge in [0.2, 0.25) is 0 Å². The van der Waals surface area contributed by atoms with Gasteiger partial charge in [-0.1, -0.05) is 276 Å². The largest absolute Gasteiger partial charge is 0.310 e. The van der Waals surface area contributed by atoms with Crippen LogP contribution in [0.5, 0.6) is 0 Å². The summed E-state index contributed by atoms with van der Waals surface area (Å²) in [5.41, 5.74) is 30.0. The third kappa shape index (κ3) is 9.68. The molecule has 0 aliphatic carbocycles. The molecule has 0 unspecified atom stereocenters. The van der Waals surface area contributed by atoms with Crippen LogP contribution < -0.4 is 26.2 Å². The Morgan fingerprint density at radius 3 is 0.964 bits per heavy atom. The lowest BCUT2D eigenvalue weighted by molar-refractivity contribution is 0.590. The number of benzene rings is 11. The average Bonchev–Trinajstić information content (AvgIpc) is 0.792. The summed E-state index contributed by atoms with van der Waals surface area (Å²) >= 11 is 0. The second-order valence-electron chi connectivity index (χ2n) is 26.7. The molecule has 11 aromatic rings. The minimum atomic E-state index is -0.252. The first kappa shape index (κ1) is 54.3. The molecule has 11 aromatic carbocycles. The molecule has 3 heteroatoms. The molecule has 2 nitrogen and oxygen atoms in total.